The number of rotatable bonds is 3. The maximum Gasteiger partial charge on any atom is 0.108 e. The second-order valence-electron chi connectivity index (χ2n) is 6.46. The molecular weight excluding hydrogens is 248 g/mol. The molecule has 3 nitrogen and oxygen atoms in total. The predicted molar refractivity (Wildman–Crippen MR) is 78.2 cm³/mol. The molecule has 0 aliphatic carbocycles. The Kier molecular flexibility index (Phi) is 6.39. The lowest BCUT2D eigenvalue weighted by Crippen LogP contribution is -2.49. The number of nitrogens with zero attached hydrogens (tertiary/aromatic N) is 1. The van der Waals surface area contributed by atoms with E-state index in [1.165, 1.54) is 38.9 Å². The molecule has 2 rings (SSSR count). The molecule has 1 N–H and O–H groups in total. The van der Waals surface area contributed by atoms with Gasteiger partial charge in [0.25, 0.3) is 0 Å². The summed E-state index contributed by atoms with van der Waals surface area (Å²) in [5.74, 6) is 0.858. The molecule has 2 aliphatic heterocycles. The van der Waals surface area contributed by atoms with Gasteiger partial charge in [-0.05, 0) is 44.8 Å². The molecule has 1 unspecified atom stereocenters. The quantitative estimate of drug-likeness (QED) is 0.857. The van der Waals surface area contributed by atoms with Gasteiger partial charge in [0.15, 0.2) is 0 Å². The summed E-state index contributed by atoms with van der Waals surface area (Å²) in [6.07, 6.45) is 4.20. The topological polar surface area (TPSA) is 24.5 Å². The Labute approximate surface area is 118 Å². The zero-order chi connectivity index (χ0) is 12.3. The van der Waals surface area contributed by atoms with E-state index in [4.69, 9.17) is 4.74 Å². The van der Waals surface area contributed by atoms with Crippen molar-refractivity contribution in [2.45, 2.75) is 46.3 Å². The molecule has 2 aliphatic rings. The van der Waals surface area contributed by atoms with E-state index >= 15 is 0 Å². The van der Waals surface area contributed by atoms with Gasteiger partial charge in [-0.2, -0.15) is 0 Å². The standard InChI is InChI=1S/C14H28N2O.ClH/c1-4-16-7-5-12(6-8-16)9-13-15-10-14(2,3)11-17-13;/h12-13,15H,4-11H2,1-3H3;1H. The lowest BCUT2D eigenvalue weighted by Gasteiger charge is -2.38. The highest BCUT2D eigenvalue weighted by atomic mass is 35.5. The molecule has 2 heterocycles. The van der Waals surface area contributed by atoms with Crippen LogP contribution < -0.4 is 5.32 Å². The molecule has 2 saturated heterocycles. The molecule has 2 fully saturated rings. The van der Waals surface area contributed by atoms with Crippen LogP contribution in [-0.2, 0) is 4.74 Å². The van der Waals surface area contributed by atoms with Crippen LogP contribution >= 0.6 is 12.4 Å². The minimum absolute atomic E-state index is 0. The summed E-state index contributed by atoms with van der Waals surface area (Å²) in [7, 11) is 0. The van der Waals surface area contributed by atoms with Crippen molar-refractivity contribution in [2.24, 2.45) is 11.3 Å². The summed E-state index contributed by atoms with van der Waals surface area (Å²) in [5.41, 5.74) is 0.308. The van der Waals surface area contributed by atoms with Gasteiger partial charge in [-0.15, -0.1) is 12.4 Å². The second-order valence-corrected chi connectivity index (χ2v) is 6.46. The van der Waals surface area contributed by atoms with Crippen LogP contribution in [0.2, 0.25) is 0 Å². The first-order valence-corrected chi connectivity index (χ1v) is 7.16. The van der Waals surface area contributed by atoms with Crippen LogP contribution in [0.3, 0.4) is 0 Å². The molecule has 0 amide bonds. The van der Waals surface area contributed by atoms with Crippen LogP contribution in [0.5, 0.6) is 0 Å². The van der Waals surface area contributed by atoms with Crippen LogP contribution in [0.15, 0.2) is 0 Å². The summed E-state index contributed by atoms with van der Waals surface area (Å²) in [6.45, 7) is 12.5. The zero-order valence-corrected chi connectivity index (χ0v) is 12.9. The number of piperidine rings is 1. The average Bonchev–Trinajstić information content (AvgIpc) is 2.33. The Morgan fingerprint density at radius 3 is 2.44 bits per heavy atom. The predicted octanol–water partition coefficient (Wildman–Crippen LogP) is 2.50. The van der Waals surface area contributed by atoms with E-state index in [9.17, 15) is 0 Å². The molecule has 0 radical (unpaired) electrons. The van der Waals surface area contributed by atoms with E-state index in [-0.39, 0.29) is 12.4 Å². The highest BCUT2D eigenvalue weighted by Gasteiger charge is 2.29. The van der Waals surface area contributed by atoms with Crippen LogP contribution in [0.4, 0.5) is 0 Å². The largest absolute Gasteiger partial charge is 0.363 e. The maximum atomic E-state index is 5.92. The van der Waals surface area contributed by atoms with Crippen molar-refractivity contribution in [3.05, 3.63) is 0 Å². The minimum atomic E-state index is 0. The lowest BCUT2D eigenvalue weighted by molar-refractivity contribution is -0.0701. The number of hydrogen-bond acceptors (Lipinski definition) is 3. The van der Waals surface area contributed by atoms with Gasteiger partial charge in [0.05, 0.1) is 6.61 Å². The number of halogens is 1. The van der Waals surface area contributed by atoms with Gasteiger partial charge in [0.2, 0.25) is 0 Å². The van der Waals surface area contributed by atoms with Crippen LogP contribution in [0.1, 0.15) is 40.0 Å². The molecule has 0 aromatic rings. The zero-order valence-electron chi connectivity index (χ0n) is 12.1. The number of hydrogen-bond donors (Lipinski definition) is 1. The van der Waals surface area contributed by atoms with Crippen LogP contribution in [-0.4, -0.2) is 43.9 Å². The van der Waals surface area contributed by atoms with Crippen molar-refractivity contribution >= 4 is 12.4 Å². The van der Waals surface area contributed by atoms with Gasteiger partial charge in [0, 0.05) is 12.0 Å². The van der Waals surface area contributed by atoms with Gasteiger partial charge >= 0.3 is 0 Å². The molecule has 18 heavy (non-hydrogen) atoms. The molecule has 4 heteroatoms. The summed E-state index contributed by atoms with van der Waals surface area (Å²) in [4.78, 5) is 2.55. The van der Waals surface area contributed by atoms with Crippen LogP contribution in [0.25, 0.3) is 0 Å². The van der Waals surface area contributed by atoms with Crippen molar-refractivity contribution in [1.29, 1.82) is 0 Å². The first-order chi connectivity index (χ1) is 8.09. The van der Waals surface area contributed by atoms with Gasteiger partial charge in [-0.25, -0.2) is 0 Å². The second kappa shape index (κ2) is 7.09. The molecule has 0 bridgehead atoms. The Morgan fingerprint density at radius 2 is 1.94 bits per heavy atom. The van der Waals surface area contributed by atoms with Crippen molar-refractivity contribution in [1.82, 2.24) is 10.2 Å². The van der Waals surface area contributed by atoms with Gasteiger partial charge in [-0.1, -0.05) is 20.8 Å². The Hall–Kier alpha value is 0.170. The molecular formula is C14H29ClN2O. The van der Waals surface area contributed by atoms with Crippen LogP contribution in [0, 0.1) is 11.3 Å². The van der Waals surface area contributed by atoms with Crippen molar-refractivity contribution < 1.29 is 4.74 Å². The molecule has 0 aromatic heterocycles. The highest BCUT2D eigenvalue weighted by Crippen LogP contribution is 2.26. The molecule has 108 valence electrons. The van der Waals surface area contributed by atoms with Crippen molar-refractivity contribution in [2.75, 3.05) is 32.8 Å². The lowest BCUT2D eigenvalue weighted by atomic mass is 9.90. The van der Waals surface area contributed by atoms with E-state index in [2.05, 4.69) is 31.0 Å². The fourth-order valence-electron chi connectivity index (χ4n) is 2.82. The van der Waals surface area contributed by atoms with E-state index in [1.807, 2.05) is 0 Å². The third kappa shape index (κ3) is 4.69. The number of likely N-dealkylation sites (tertiary alicyclic amines) is 1. The fourth-order valence-corrected chi connectivity index (χ4v) is 2.82. The van der Waals surface area contributed by atoms with E-state index in [0.717, 1.165) is 19.1 Å². The SMILES string of the molecule is CCN1CCC(CC2NCC(C)(C)CO2)CC1.Cl. The maximum absolute atomic E-state index is 5.92. The summed E-state index contributed by atoms with van der Waals surface area (Å²) in [5, 5.41) is 3.55. The third-order valence-corrected chi connectivity index (χ3v) is 4.19. The summed E-state index contributed by atoms with van der Waals surface area (Å²) >= 11 is 0. The van der Waals surface area contributed by atoms with Crippen molar-refractivity contribution in [3.63, 3.8) is 0 Å². The number of nitrogens with one attached hydrogen (secondary N) is 1. The monoisotopic (exact) mass is 276 g/mol. The van der Waals surface area contributed by atoms with Gasteiger partial charge in [-0.3, -0.25) is 5.32 Å². The first-order valence-electron chi connectivity index (χ1n) is 7.16. The van der Waals surface area contributed by atoms with E-state index in [0.29, 0.717) is 11.6 Å². The summed E-state index contributed by atoms with van der Waals surface area (Å²) in [6, 6.07) is 0. The molecule has 0 spiro atoms. The Balaban J connectivity index is 0.00000162. The smallest absolute Gasteiger partial charge is 0.108 e. The molecule has 0 aromatic carbocycles. The first kappa shape index (κ1) is 16.2. The minimum Gasteiger partial charge on any atom is -0.363 e. The highest BCUT2D eigenvalue weighted by molar-refractivity contribution is 5.85. The van der Waals surface area contributed by atoms with Crippen molar-refractivity contribution in [3.8, 4) is 0 Å². The van der Waals surface area contributed by atoms with E-state index in [1.54, 1.807) is 0 Å². The Morgan fingerprint density at radius 1 is 1.28 bits per heavy atom. The van der Waals surface area contributed by atoms with Gasteiger partial charge in [0.1, 0.15) is 6.23 Å². The molecule has 0 saturated carbocycles. The average molecular weight is 277 g/mol. The fraction of sp³-hybridized carbons (Fsp3) is 1.00. The van der Waals surface area contributed by atoms with Gasteiger partial charge < -0.3 is 9.64 Å². The normalized spacial score (nSPS) is 29.8. The summed E-state index contributed by atoms with van der Waals surface area (Å²) < 4.78 is 5.92. The Bertz CT molecular complexity index is 230. The van der Waals surface area contributed by atoms with E-state index < -0.39 is 0 Å². The third-order valence-electron chi connectivity index (χ3n) is 4.19. The molecule has 1 atom stereocenters. The number of ether oxygens (including phenoxy) is 1.